The van der Waals surface area contributed by atoms with Crippen molar-refractivity contribution in [3.05, 3.63) is 30.0 Å². The third-order valence-electron chi connectivity index (χ3n) is 4.09. The van der Waals surface area contributed by atoms with Crippen LogP contribution in [0.4, 0.5) is 5.69 Å². The number of ether oxygens (including phenoxy) is 1. The molecule has 0 saturated heterocycles. The molecule has 106 valence electrons. The molecule has 1 saturated carbocycles. The number of fused-ring (bicyclic) bond motifs is 1. The quantitative estimate of drug-likeness (QED) is 0.913. The Labute approximate surface area is 120 Å². The van der Waals surface area contributed by atoms with Gasteiger partial charge in [0.05, 0.1) is 17.0 Å². The molecule has 0 amide bonds. The normalized spacial score (nSPS) is 16.4. The third-order valence-corrected chi connectivity index (χ3v) is 4.09. The van der Waals surface area contributed by atoms with Crippen LogP contribution in [0.5, 0.6) is 5.75 Å². The summed E-state index contributed by atoms with van der Waals surface area (Å²) in [6.45, 7) is 2.09. The van der Waals surface area contributed by atoms with Gasteiger partial charge in [-0.15, -0.1) is 0 Å². The lowest BCUT2D eigenvalue weighted by Crippen LogP contribution is -2.19. The highest BCUT2D eigenvalue weighted by Gasteiger charge is 2.17. The molecule has 1 fully saturated rings. The minimum absolute atomic E-state index is 0.333. The van der Waals surface area contributed by atoms with Gasteiger partial charge < -0.3 is 10.5 Å². The fourth-order valence-electron chi connectivity index (χ4n) is 2.98. The zero-order valence-corrected chi connectivity index (χ0v) is 12.1. The zero-order valence-electron chi connectivity index (χ0n) is 12.1. The lowest BCUT2D eigenvalue weighted by atomic mass is 9.97. The van der Waals surface area contributed by atoms with E-state index in [1.54, 1.807) is 0 Å². The van der Waals surface area contributed by atoms with Crippen LogP contribution in [0.2, 0.25) is 0 Å². The lowest BCUT2D eigenvalue weighted by molar-refractivity contribution is 0.157. The molecule has 0 aliphatic heterocycles. The Kier molecular flexibility index (Phi) is 3.77. The van der Waals surface area contributed by atoms with Crippen LogP contribution in [-0.2, 0) is 6.42 Å². The Hall–Kier alpha value is -1.77. The Balaban J connectivity index is 1.98. The van der Waals surface area contributed by atoms with E-state index in [4.69, 9.17) is 10.5 Å². The van der Waals surface area contributed by atoms with Gasteiger partial charge in [-0.05, 0) is 50.3 Å². The highest BCUT2D eigenvalue weighted by Crippen LogP contribution is 2.33. The number of nitrogen functional groups attached to an aromatic ring is 1. The predicted molar refractivity (Wildman–Crippen MR) is 83.0 cm³/mol. The molecule has 3 rings (SSSR count). The highest BCUT2D eigenvalue weighted by atomic mass is 16.5. The van der Waals surface area contributed by atoms with Gasteiger partial charge in [0.25, 0.3) is 0 Å². The number of nitrogens with two attached hydrogens (primary N) is 1. The van der Waals surface area contributed by atoms with Crippen LogP contribution in [0.15, 0.2) is 24.3 Å². The Bertz CT molecular complexity index is 603. The molecule has 3 heteroatoms. The average Bonchev–Trinajstić information content (AvgIpc) is 2.48. The van der Waals surface area contributed by atoms with E-state index in [9.17, 15) is 0 Å². The summed E-state index contributed by atoms with van der Waals surface area (Å²) in [5.74, 6) is 0.891. The van der Waals surface area contributed by atoms with E-state index in [0.29, 0.717) is 6.10 Å². The van der Waals surface area contributed by atoms with Gasteiger partial charge >= 0.3 is 0 Å². The molecule has 0 radical (unpaired) electrons. The van der Waals surface area contributed by atoms with Gasteiger partial charge in [0.2, 0.25) is 0 Å². The number of aromatic nitrogens is 1. The van der Waals surface area contributed by atoms with Crippen molar-refractivity contribution >= 4 is 16.6 Å². The summed E-state index contributed by atoms with van der Waals surface area (Å²) in [7, 11) is 0. The molecule has 20 heavy (non-hydrogen) atoms. The average molecular weight is 270 g/mol. The maximum atomic E-state index is 6.22. The molecule has 1 aliphatic rings. The summed E-state index contributed by atoms with van der Waals surface area (Å²) in [5, 5.41) is 0.968. The fraction of sp³-hybridized carbons (Fsp3) is 0.471. The molecule has 0 bridgehead atoms. The van der Waals surface area contributed by atoms with E-state index in [1.807, 2.05) is 24.3 Å². The second kappa shape index (κ2) is 5.70. The molecule has 2 aromatic rings. The van der Waals surface area contributed by atoms with Crippen LogP contribution in [0, 0.1) is 0 Å². The van der Waals surface area contributed by atoms with Crippen molar-refractivity contribution in [3.63, 3.8) is 0 Å². The summed E-state index contributed by atoms with van der Waals surface area (Å²) < 4.78 is 6.20. The molecule has 0 atom stereocenters. The number of hydrogen-bond donors (Lipinski definition) is 1. The van der Waals surface area contributed by atoms with E-state index < -0.39 is 0 Å². The summed E-state index contributed by atoms with van der Waals surface area (Å²) in [5.41, 5.74) is 8.97. The van der Waals surface area contributed by atoms with Crippen molar-refractivity contribution < 1.29 is 4.74 Å². The predicted octanol–water partition coefficient (Wildman–Crippen LogP) is 4.09. The van der Waals surface area contributed by atoms with Crippen LogP contribution in [0.3, 0.4) is 0 Å². The Morgan fingerprint density at radius 2 is 2.05 bits per heavy atom. The first-order valence-electron chi connectivity index (χ1n) is 7.62. The number of benzene rings is 1. The van der Waals surface area contributed by atoms with Gasteiger partial charge in [-0.1, -0.05) is 19.4 Å². The molecular weight excluding hydrogens is 248 g/mol. The first kappa shape index (κ1) is 13.2. The van der Waals surface area contributed by atoms with Gasteiger partial charge in [-0.3, -0.25) is 4.98 Å². The van der Waals surface area contributed by atoms with Crippen molar-refractivity contribution in [1.29, 1.82) is 0 Å². The first-order valence-corrected chi connectivity index (χ1v) is 7.62. The largest absolute Gasteiger partial charge is 0.490 e. The minimum atomic E-state index is 0.333. The van der Waals surface area contributed by atoms with E-state index in [1.165, 1.54) is 19.3 Å². The molecule has 2 N–H and O–H groups in total. The van der Waals surface area contributed by atoms with Crippen LogP contribution >= 0.6 is 0 Å². The van der Waals surface area contributed by atoms with Crippen molar-refractivity contribution in [2.75, 3.05) is 5.73 Å². The lowest BCUT2D eigenvalue weighted by Gasteiger charge is -2.24. The summed E-state index contributed by atoms with van der Waals surface area (Å²) in [6, 6.07) is 8.00. The smallest absolute Gasteiger partial charge is 0.131 e. The van der Waals surface area contributed by atoms with Gasteiger partial charge in [-0.25, -0.2) is 0 Å². The standard InChI is InChI=1S/C17H22N2O/c1-2-12-11-14(18)17-15(19-12)9-6-10-16(17)20-13-7-4-3-5-8-13/h6,9-11,13H,2-5,7-8H2,1H3,(H2,18,19). The second-order valence-electron chi connectivity index (χ2n) is 5.58. The van der Waals surface area contributed by atoms with E-state index in [0.717, 1.165) is 47.3 Å². The van der Waals surface area contributed by atoms with Gasteiger partial charge in [0, 0.05) is 11.4 Å². The Morgan fingerprint density at radius 3 is 2.80 bits per heavy atom. The molecule has 3 nitrogen and oxygen atoms in total. The fourth-order valence-corrected chi connectivity index (χ4v) is 2.98. The molecule has 0 spiro atoms. The van der Waals surface area contributed by atoms with Crippen molar-refractivity contribution in [2.45, 2.75) is 51.6 Å². The molecule has 1 aliphatic carbocycles. The van der Waals surface area contributed by atoms with E-state index in [-0.39, 0.29) is 0 Å². The second-order valence-corrected chi connectivity index (χ2v) is 5.58. The monoisotopic (exact) mass is 270 g/mol. The first-order chi connectivity index (χ1) is 9.78. The molecule has 0 unspecified atom stereocenters. The van der Waals surface area contributed by atoms with Crippen LogP contribution in [-0.4, -0.2) is 11.1 Å². The number of rotatable bonds is 3. The summed E-state index contributed by atoms with van der Waals surface area (Å²) in [6.07, 6.45) is 7.40. The molecular formula is C17H22N2O. The van der Waals surface area contributed by atoms with Crippen molar-refractivity contribution in [3.8, 4) is 5.75 Å². The number of aryl methyl sites for hydroxylation is 1. The third kappa shape index (κ3) is 2.58. The summed E-state index contributed by atoms with van der Waals surface area (Å²) >= 11 is 0. The highest BCUT2D eigenvalue weighted by molar-refractivity contribution is 5.95. The van der Waals surface area contributed by atoms with Crippen LogP contribution in [0.1, 0.15) is 44.7 Å². The molecule has 1 aromatic carbocycles. The zero-order chi connectivity index (χ0) is 13.9. The van der Waals surface area contributed by atoms with Crippen molar-refractivity contribution in [1.82, 2.24) is 4.98 Å². The van der Waals surface area contributed by atoms with Gasteiger partial charge in [-0.2, -0.15) is 0 Å². The molecule has 1 heterocycles. The minimum Gasteiger partial charge on any atom is -0.490 e. The number of pyridine rings is 1. The van der Waals surface area contributed by atoms with Gasteiger partial charge in [0.1, 0.15) is 5.75 Å². The maximum absolute atomic E-state index is 6.22. The maximum Gasteiger partial charge on any atom is 0.131 e. The Morgan fingerprint density at radius 1 is 1.25 bits per heavy atom. The SMILES string of the molecule is CCc1cc(N)c2c(OC3CCCCC3)cccc2n1. The van der Waals surface area contributed by atoms with E-state index in [2.05, 4.69) is 11.9 Å². The van der Waals surface area contributed by atoms with Crippen LogP contribution < -0.4 is 10.5 Å². The summed E-state index contributed by atoms with van der Waals surface area (Å²) in [4.78, 5) is 4.65. The van der Waals surface area contributed by atoms with Crippen LogP contribution in [0.25, 0.3) is 10.9 Å². The number of anilines is 1. The van der Waals surface area contributed by atoms with Gasteiger partial charge in [0.15, 0.2) is 0 Å². The number of hydrogen-bond acceptors (Lipinski definition) is 3. The van der Waals surface area contributed by atoms with E-state index >= 15 is 0 Å². The molecule has 1 aromatic heterocycles. The topological polar surface area (TPSA) is 48.1 Å². The number of nitrogens with zero attached hydrogens (tertiary/aromatic N) is 1. The van der Waals surface area contributed by atoms with Crippen molar-refractivity contribution in [2.24, 2.45) is 0 Å².